The van der Waals surface area contributed by atoms with Gasteiger partial charge in [0.05, 0.1) is 11.8 Å². The third-order valence-electron chi connectivity index (χ3n) is 6.00. The second-order valence-corrected chi connectivity index (χ2v) is 10.5. The van der Waals surface area contributed by atoms with Crippen LogP contribution in [0.2, 0.25) is 0 Å². The van der Waals surface area contributed by atoms with Crippen molar-refractivity contribution in [2.45, 2.75) is 42.1 Å². The first-order chi connectivity index (χ1) is 16.5. The number of carbonyl (C=O) groups excluding carboxylic acids is 4. The van der Waals surface area contributed by atoms with E-state index in [1.165, 1.54) is 40.9 Å². The van der Waals surface area contributed by atoms with Crippen molar-refractivity contribution in [3.8, 4) is 0 Å². The first-order valence-corrected chi connectivity index (χ1v) is 11.4. The molecule has 0 unspecified atom stereocenters. The fourth-order valence-electron chi connectivity index (χ4n) is 4.30. The van der Waals surface area contributed by atoms with Crippen molar-refractivity contribution < 1.29 is 34.2 Å². The van der Waals surface area contributed by atoms with Gasteiger partial charge < -0.3 is 26.2 Å². The first kappa shape index (κ1) is 24.2. The second-order valence-electron chi connectivity index (χ2n) is 8.74. The maximum absolute atomic E-state index is 13.4. The molecule has 4 rings (SSSR count). The third kappa shape index (κ3) is 4.09. The van der Waals surface area contributed by atoms with Gasteiger partial charge in [-0.15, -0.1) is 11.8 Å². The number of anilines is 1. The summed E-state index contributed by atoms with van der Waals surface area (Å²) < 4.78 is -0.774. The van der Waals surface area contributed by atoms with Crippen LogP contribution in [0.15, 0.2) is 53.2 Å². The molecule has 0 radical (unpaired) electrons. The number of nitrogens with zero attached hydrogens (tertiary/aromatic N) is 2. The molecule has 182 valence electrons. The molecule has 11 nitrogen and oxygen atoms in total. The number of carbonyl (C=O) groups is 5. The molecule has 12 heteroatoms. The van der Waals surface area contributed by atoms with Gasteiger partial charge in [0.2, 0.25) is 17.6 Å². The Kier molecular flexibility index (Phi) is 6.01. The minimum atomic E-state index is -1.36. The number of allylic oxidation sites excluding steroid dienone is 3. The summed E-state index contributed by atoms with van der Waals surface area (Å²) in [6.45, 7) is 3.43. The molecule has 4 atom stereocenters. The van der Waals surface area contributed by atoms with Gasteiger partial charge in [0, 0.05) is 10.4 Å². The summed E-state index contributed by atoms with van der Waals surface area (Å²) in [7, 11) is 0. The van der Waals surface area contributed by atoms with Gasteiger partial charge >= 0.3 is 5.97 Å². The lowest BCUT2D eigenvalue weighted by atomic mass is 9.95. The van der Waals surface area contributed by atoms with Crippen LogP contribution >= 0.6 is 11.8 Å². The molecule has 0 bridgehead atoms. The number of nitrogens with one attached hydrogen (secondary N) is 1. The number of carboxylic acid groups (broad SMARTS) is 1. The zero-order valence-corrected chi connectivity index (χ0v) is 19.5. The van der Waals surface area contributed by atoms with Crippen LogP contribution in [0.5, 0.6) is 0 Å². The number of hydrogen-bond acceptors (Lipinski definition) is 9. The Morgan fingerprint density at radius 3 is 2.40 bits per heavy atom. The molecule has 1 aromatic rings. The first-order valence-electron chi connectivity index (χ1n) is 10.5. The van der Waals surface area contributed by atoms with E-state index in [4.69, 9.17) is 5.73 Å². The summed E-state index contributed by atoms with van der Waals surface area (Å²) >= 11 is 1.26. The van der Waals surface area contributed by atoms with Crippen molar-refractivity contribution in [1.29, 1.82) is 0 Å². The van der Waals surface area contributed by atoms with Gasteiger partial charge in [-0.3, -0.25) is 24.2 Å². The van der Waals surface area contributed by atoms with E-state index in [9.17, 15) is 34.2 Å². The van der Waals surface area contributed by atoms with Gasteiger partial charge in [-0.25, -0.2) is 4.79 Å². The number of nitrogen functional groups attached to an aromatic ring is 1. The zero-order chi connectivity index (χ0) is 25.7. The predicted molar refractivity (Wildman–Crippen MR) is 127 cm³/mol. The standard InChI is InChI=1S/C23H22N4O7S/c1-23(2)18(22(33)34)27-20(32)17(21(27)35-23)26-19(31)15(10-3-5-11(24)6-4-10)25-16-12(9-28)13(29)7-8-14(16)30/h3-9,15,17-18,21,28H,24H2,1-2H3,(H,26,31)(H,33,34)/b12-9+,25-16?/t15-,17-,18+,21-/m1/s1. The Balaban J connectivity index is 1.66. The third-order valence-corrected chi connectivity index (χ3v) is 7.57. The number of aliphatic carboxylic acids is 1. The monoisotopic (exact) mass is 498 g/mol. The molecule has 2 aliphatic heterocycles. The Morgan fingerprint density at radius 2 is 1.80 bits per heavy atom. The van der Waals surface area contributed by atoms with Crippen molar-refractivity contribution in [2.24, 2.45) is 4.99 Å². The summed E-state index contributed by atoms with van der Waals surface area (Å²) in [5.41, 5.74) is 5.70. The molecule has 2 fully saturated rings. The van der Waals surface area contributed by atoms with E-state index in [1.54, 1.807) is 13.8 Å². The highest BCUT2D eigenvalue weighted by Gasteiger charge is 2.64. The molecule has 0 aromatic heterocycles. The normalized spacial score (nSPS) is 28.1. The molecule has 0 spiro atoms. The molecule has 5 N–H and O–H groups in total. The number of ketones is 2. The van der Waals surface area contributed by atoms with E-state index < -0.39 is 63.3 Å². The van der Waals surface area contributed by atoms with Crippen LogP contribution < -0.4 is 11.1 Å². The lowest BCUT2D eigenvalue weighted by Gasteiger charge is -2.43. The van der Waals surface area contributed by atoms with Gasteiger partial charge in [0.1, 0.15) is 23.2 Å². The second kappa shape index (κ2) is 8.69. The molecular formula is C23H22N4O7S. The van der Waals surface area contributed by atoms with E-state index in [2.05, 4.69) is 10.3 Å². The molecule has 0 saturated carbocycles. The summed E-state index contributed by atoms with van der Waals surface area (Å²) in [4.78, 5) is 67.8. The number of β-lactam (4-membered cyclic amide) rings is 1. The average Bonchev–Trinajstić information content (AvgIpc) is 3.06. The molecule has 3 aliphatic rings. The van der Waals surface area contributed by atoms with Crippen LogP contribution in [-0.4, -0.2) is 72.4 Å². The van der Waals surface area contributed by atoms with Gasteiger partial charge in [0.25, 0.3) is 0 Å². The smallest absolute Gasteiger partial charge is 0.327 e. The number of nitrogens with two attached hydrogens (primary N) is 1. The predicted octanol–water partition coefficient (Wildman–Crippen LogP) is 0.533. The Morgan fingerprint density at radius 1 is 1.17 bits per heavy atom. The van der Waals surface area contributed by atoms with Gasteiger partial charge in [0.15, 0.2) is 11.8 Å². The van der Waals surface area contributed by atoms with Crippen LogP contribution in [0.4, 0.5) is 5.69 Å². The highest BCUT2D eigenvalue weighted by atomic mass is 32.2. The Labute approximate surface area is 203 Å². The topological polar surface area (TPSA) is 179 Å². The number of hydrogen-bond donors (Lipinski definition) is 4. The number of aliphatic imine (C=N–C) groups is 1. The quantitative estimate of drug-likeness (QED) is 0.195. The van der Waals surface area contributed by atoms with Crippen LogP contribution in [0.25, 0.3) is 0 Å². The minimum Gasteiger partial charge on any atom is -0.515 e. The van der Waals surface area contributed by atoms with Crippen LogP contribution in [-0.2, 0) is 24.0 Å². The van der Waals surface area contributed by atoms with Crippen molar-refractivity contribution in [3.63, 3.8) is 0 Å². The van der Waals surface area contributed by atoms with Gasteiger partial charge in [-0.05, 0) is 43.7 Å². The Hall–Kier alpha value is -3.93. The molecule has 2 amide bonds. The van der Waals surface area contributed by atoms with Crippen LogP contribution in [0.3, 0.4) is 0 Å². The summed E-state index contributed by atoms with van der Waals surface area (Å²) in [6.07, 6.45) is 2.43. The van der Waals surface area contributed by atoms with Crippen molar-refractivity contribution >= 4 is 52.5 Å². The highest BCUT2D eigenvalue weighted by molar-refractivity contribution is 8.01. The highest BCUT2D eigenvalue weighted by Crippen LogP contribution is 2.50. The summed E-state index contributed by atoms with van der Waals surface area (Å²) in [6, 6.07) is 2.68. The molecule has 1 aromatic carbocycles. The molecule has 2 heterocycles. The summed E-state index contributed by atoms with van der Waals surface area (Å²) in [5, 5.41) is 21.1. The fraction of sp³-hybridized carbons (Fsp3) is 0.304. The Bertz CT molecular complexity index is 1230. The molecular weight excluding hydrogens is 476 g/mol. The molecule has 35 heavy (non-hydrogen) atoms. The van der Waals surface area contributed by atoms with E-state index in [0.29, 0.717) is 17.5 Å². The maximum Gasteiger partial charge on any atom is 0.327 e. The minimum absolute atomic E-state index is 0.322. The number of amides is 2. The number of rotatable bonds is 5. The van der Waals surface area contributed by atoms with E-state index in [1.807, 2.05) is 0 Å². The maximum atomic E-state index is 13.4. The molecule has 1 aliphatic carbocycles. The van der Waals surface area contributed by atoms with Crippen molar-refractivity contribution in [1.82, 2.24) is 10.2 Å². The SMILES string of the molecule is CC1(C)S[C@@H]2[C@H](NC(=O)[C@H](N=C3C(=O)C=CC(=O)/C3=C\O)c3ccc(N)cc3)C(=O)N2[C@H]1C(=O)O. The van der Waals surface area contributed by atoms with Crippen LogP contribution in [0.1, 0.15) is 25.5 Å². The van der Waals surface area contributed by atoms with E-state index in [0.717, 1.165) is 12.2 Å². The number of benzene rings is 1. The van der Waals surface area contributed by atoms with Gasteiger partial charge in [-0.1, -0.05) is 12.1 Å². The largest absolute Gasteiger partial charge is 0.515 e. The summed E-state index contributed by atoms with van der Waals surface area (Å²) in [5.74, 6) is -3.76. The lowest BCUT2D eigenvalue weighted by Crippen LogP contribution is -2.70. The number of aliphatic hydroxyl groups excluding tert-OH is 1. The average molecular weight is 499 g/mol. The number of carboxylic acids is 1. The lowest BCUT2D eigenvalue weighted by molar-refractivity contribution is -0.161. The van der Waals surface area contributed by atoms with Crippen molar-refractivity contribution in [3.05, 3.63) is 53.8 Å². The fourth-order valence-corrected chi connectivity index (χ4v) is 5.92. The molecule has 2 saturated heterocycles. The number of aliphatic hydroxyl groups is 1. The van der Waals surface area contributed by atoms with Gasteiger partial charge in [-0.2, -0.15) is 0 Å². The van der Waals surface area contributed by atoms with E-state index >= 15 is 0 Å². The number of fused-ring (bicyclic) bond motifs is 1. The van der Waals surface area contributed by atoms with Crippen molar-refractivity contribution in [2.75, 3.05) is 5.73 Å². The number of thioether (sulfide) groups is 1. The van der Waals surface area contributed by atoms with Crippen LogP contribution in [0, 0.1) is 0 Å². The zero-order valence-electron chi connectivity index (χ0n) is 18.7. The van der Waals surface area contributed by atoms with E-state index in [-0.39, 0.29) is 5.57 Å².